The molecule has 0 N–H and O–H groups in total. The smallest absolute Gasteiger partial charge is 0.399 e. The lowest BCUT2D eigenvalue weighted by molar-refractivity contribution is -0.114. The molecule has 4 nitrogen and oxygen atoms in total. The van der Waals surface area contributed by atoms with E-state index in [1.165, 1.54) is 0 Å². The minimum absolute atomic E-state index is 0.0999. The largest absolute Gasteiger partial charge is 0.494 e. The maximum atomic E-state index is 12.1. The molecule has 0 aromatic heterocycles. The SMILES string of the molecule is CN(C)C/C=C/C(=O)Cc1cccc(B2OC(C)(C)C(C)(C)O2)c1. The number of rotatable bonds is 6. The molecular formula is C19H28BNO3. The van der Waals surface area contributed by atoms with Crippen molar-refractivity contribution in [2.45, 2.75) is 45.3 Å². The summed E-state index contributed by atoms with van der Waals surface area (Å²) in [6.07, 6.45) is 3.93. The van der Waals surface area contributed by atoms with E-state index in [-0.39, 0.29) is 17.0 Å². The van der Waals surface area contributed by atoms with Gasteiger partial charge in [-0.05, 0) is 58.9 Å². The number of benzene rings is 1. The van der Waals surface area contributed by atoms with Crippen molar-refractivity contribution in [3.05, 3.63) is 42.0 Å². The molecule has 0 radical (unpaired) electrons. The van der Waals surface area contributed by atoms with E-state index in [0.29, 0.717) is 6.42 Å². The molecule has 1 aromatic carbocycles. The van der Waals surface area contributed by atoms with Gasteiger partial charge in [0.2, 0.25) is 0 Å². The van der Waals surface area contributed by atoms with Gasteiger partial charge in [0.15, 0.2) is 5.78 Å². The Balaban J connectivity index is 2.05. The summed E-state index contributed by atoms with van der Waals surface area (Å²) in [5.41, 5.74) is 1.20. The van der Waals surface area contributed by atoms with Gasteiger partial charge in [-0.2, -0.15) is 0 Å². The first kappa shape index (κ1) is 18.9. The maximum absolute atomic E-state index is 12.1. The Morgan fingerprint density at radius 3 is 2.38 bits per heavy atom. The molecule has 2 rings (SSSR count). The molecule has 1 heterocycles. The Morgan fingerprint density at radius 2 is 1.79 bits per heavy atom. The second kappa shape index (κ2) is 7.22. The van der Waals surface area contributed by atoms with Crippen LogP contribution in [0.25, 0.3) is 0 Å². The second-order valence-corrected chi connectivity index (χ2v) is 7.64. The fourth-order valence-corrected chi connectivity index (χ4v) is 2.48. The van der Waals surface area contributed by atoms with E-state index in [4.69, 9.17) is 9.31 Å². The third-order valence-corrected chi connectivity index (χ3v) is 4.63. The van der Waals surface area contributed by atoms with Crippen LogP contribution in [0.3, 0.4) is 0 Å². The average Bonchev–Trinajstić information content (AvgIpc) is 2.67. The van der Waals surface area contributed by atoms with Crippen LogP contribution in [-0.4, -0.2) is 49.6 Å². The van der Waals surface area contributed by atoms with E-state index < -0.39 is 7.12 Å². The lowest BCUT2D eigenvalue weighted by Gasteiger charge is -2.32. The molecule has 24 heavy (non-hydrogen) atoms. The number of carbonyl (C=O) groups excluding carboxylic acids is 1. The first-order valence-electron chi connectivity index (χ1n) is 8.39. The molecule has 1 aliphatic rings. The Kier molecular flexibility index (Phi) is 5.69. The lowest BCUT2D eigenvalue weighted by Crippen LogP contribution is -2.41. The molecule has 0 spiro atoms. The lowest BCUT2D eigenvalue weighted by atomic mass is 9.78. The van der Waals surface area contributed by atoms with Crippen molar-refractivity contribution in [1.82, 2.24) is 4.90 Å². The normalized spacial score (nSPS) is 19.4. The third-order valence-electron chi connectivity index (χ3n) is 4.63. The van der Waals surface area contributed by atoms with Crippen LogP contribution >= 0.6 is 0 Å². The Labute approximate surface area is 146 Å². The Hall–Kier alpha value is -1.43. The van der Waals surface area contributed by atoms with Gasteiger partial charge < -0.3 is 14.2 Å². The molecule has 0 amide bonds. The average molecular weight is 329 g/mol. The van der Waals surface area contributed by atoms with Crippen molar-refractivity contribution in [1.29, 1.82) is 0 Å². The summed E-state index contributed by atoms with van der Waals surface area (Å²) >= 11 is 0. The van der Waals surface area contributed by atoms with Crippen LogP contribution in [0.5, 0.6) is 0 Å². The Morgan fingerprint density at radius 1 is 1.17 bits per heavy atom. The van der Waals surface area contributed by atoms with Crippen LogP contribution in [-0.2, 0) is 20.5 Å². The number of hydrogen-bond acceptors (Lipinski definition) is 4. The summed E-state index contributed by atoms with van der Waals surface area (Å²) in [7, 11) is 3.56. The zero-order valence-corrected chi connectivity index (χ0v) is 15.6. The molecule has 0 aliphatic carbocycles. The van der Waals surface area contributed by atoms with Gasteiger partial charge in [-0.3, -0.25) is 4.79 Å². The number of ketones is 1. The van der Waals surface area contributed by atoms with Crippen molar-refractivity contribution in [3.63, 3.8) is 0 Å². The fraction of sp³-hybridized carbons (Fsp3) is 0.526. The van der Waals surface area contributed by atoms with E-state index in [2.05, 4.69) is 0 Å². The number of hydrogen-bond donors (Lipinski definition) is 0. The molecule has 0 atom stereocenters. The van der Waals surface area contributed by atoms with Crippen molar-refractivity contribution < 1.29 is 14.1 Å². The molecule has 1 fully saturated rings. The third kappa shape index (κ3) is 4.56. The standard InChI is InChI=1S/C19H28BNO3/c1-18(2)19(3,4)24-20(23-18)16-10-7-9-15(13-16)14-17(22)11-8-12-21(5)6/h7-11,13H,12,14H2,1-6H3/b11-8+. The molecule has 1 aliphatic heterocycles. The zero-order chi connectivity index (χ0) is 18.0. The van der Waals surface area contributed by atoms with Gasteiger partial charge in [0.05, 0.1) is 11.2 Å². The van der Waals surface area contributed by atoms with E-state index in [1.54, 1.807) is 6.08 Å². The summed E-state index contributed by atoms with van der Waals surface area (Å²) in [6, 6.07) is 7.90. The van der Waals surface area contributed by atoms with Gasteiger partial charge in [0, 0.05) is 13.0 Å². The monoisotopic (exact) mass is 329 g/mol. The predicted molar refractivity (Wildman–Crippen MR) is 98.6 cm³/mol. The minimum atomic E-state index is -0.394. The van der Waals surface area contributed by atoms with Gasteiger partial charge in [0.1, 0.15) is 0 Å². The highest BCUT2D eigenvalue weighted by atomic mass is 16.7. The molecule has 1 saturated heterocycles. The molecule has 1 aromatic rings. The molecular weight excluding hydrogens is 301 g/mol. The number of carbonyl (C=O) groups is 1. The quantitative estimate of drug-likeness (QED) is 0.593. The summed E-state index contributed by atoms with van der Waals surface area (Å²) in [5, 5.41) is 0. The maximum Gasteiger partial charge on any atom is 0.494 e. The van der Waals surface area contributed by atoms with Crippen LogP contribution in [0.15, 0.2) is 36.4 Å². The van der Waals surface area contributed by atoms with E-state index in [1.807, 2.05) is 77.0 Å². The van der Waals surface area contributed by atoms with Gasteiger partial charge in [-0.1, -0.05) is 30.3 Å². The summed E-state index contributed by atoms with van der Waals surface area (Å²) in [5.74, 6) is 0.0999. The first-order valence-corrected chi connectivity index (χ1v) is 8.39. The van der Waals surface area contributed by atoms with Crippen LogP contribution in [0.2, 0.25) is 0 Å². The molecule has 130 valence electrons. The number of nitrogens with zero attached hydrogens (tertiary/aromatic N) is 1. The fourth-order valence-electron chi connectivity index (χ4n) is 2.48. The molecule has 5 heteroatoms. The van der Waals surface area contributed by atoms with Crippen molar-refractivity contribution in [3.8, 4) is 0 Å². The number of allylic oxidation sites excluding steroid dienone is 1. The topological polar surface area (TPSA) is 38.8 Å². The van der Waals surface area contributed by atoms with Crippen molar-refractivity contribution in [2.75, 3.05) is 20.6 Å². The van der Waals surface area contributed by atoms with Crippen LogP contribution < -0.4 is 5.46 Å². The predicted octanol–water partition coefficient (Wildman–Crippen LogP) is 2.22. The highest BCUT2D eigenvalue weighted by molar-refractivity contribution is 6.62. The summed E-state index contributed by atoms with van der Waals surface area (Å²) < 4.78 is 12.1. The molecule has 0 bridgehead atoms. The second-order valence-electron chi connectivity index (χ2n) is 7.64. The van der Waals surface area contributed by atoms with Crippen LogP contribution in [0, 0.1) is 0 Å². The van der Waals surface area contributed by atoms with Crippen molar-refractivity contribution >= 4 is 18.4 Å². The van der Waals surface area contributed by atoms with E-state index in [9.17, 15) is 4.79 Å². The first-order chi connectivity index (χ1) is 11.1. The molecule has 0 saturated carbocycles. The Bertz CT molecular complexity index is 607. The molecule has 0 unspecified atom stereocenters. The zero-order valence-electron chi connectivity index (χ0n) is 15.6. The minimum Gasteiger partial charge on any atom is -0.399 e. The van der Waals surface area contributed by atoms with Gasteiger partial charge >= 0.3 is 7.12 Å². The van der Waals surface area contributed by atoms with Gasteiger partial charge in [-0.25, -0.2) is 0 Å². The highest BCUT2D eigenvalue weighted by Gasteiger charge is 2.51. The number of likely N-dealkylation sites (N-methyl/N-ethyl adjacent to an activating group) is 1. The summed E-state index contributed by atoms with van der Waals surface area (Å²) in [4.78, 5) is 14.1. The summed E-state index contributed by atoms with van der Waals surface area (Å²) in [6.45, 7) is 8.91. The van der Waals surface area contributed by atoms with Crippen LogP contribution in [0.4, 0.5) is 0 Å². The van der Waals surface area contributed by atoms with Crippen LogP contribution in [0.1, 0.15) is 33.3 Å². The van der Waals surface area contributed by atoms with E-state index >= 15 is 0 Å². The van der Waals surface area contributed by atoms with E-state index in [0.717, 1.165) is 17.6 Å². The van der Waals surface area contributed by atoms with Crippen molar-refractivity contribution in [2.24, 2.45) is 0 Å². The highest BCUT2D eigenvalue weighted by Crippen LogP contribution is 2.36. The van der Waals surface area contributed by atoms with Gasteiger partial charge in [0.25, 0.3) is 0 Å². The van der Waals surface area contributed by atoms with Gasteiger partial charge in [-0.15, -0.1) is 0 Å².